The van der Waals surface area contributed by atoms with Crippen LogP contribution in [0.15, 0.2) is 48.7 Å². The number of hydrogen-bond acceptors (Lipinski definition) is 5. The van der Waals surface area contributed by atoms with Gasteiger partial charge in [-0.05, 0) is 42.8 Å². The third-order valence-corrected chi connectivity index (χ3v) is 4.32. The molecule has 1 aromatic carbocycles. The number of benzene rings is 1. The second-order valence-corrected chi connectivity index (χ2v) is 6.28. The monoisotopic (exact) mass is 340 g/mol. The molecule has 2 aromatic rings. The van der Waals surface area contributed by atoms with Gasteiger partial charge >= 0.3 is 0 Å². The minimum Gasteiger partial charge on any atom is -0.494 e. The van der Waals surface area contributed by atoms with Gasteiger partial charge in [0.05, 0.1) is 11.5 Å². The van der Waals surface area contributed by atoms with Crippen LogP contribution in [0.2, 0.25) is 0 Å². The van der Waals surface area contributed by atoms with Crippen LogP contribution >= 0.6 is 11.3 Å². The van der Waals surface area contributed by atoms with Crippen LogP contribution in [-0.2, 0) is 0 Å². The minimum absolute atomic E-state index is 0.120. The summed E-state index contributed by atoms with van der Waals surface area (Å²) in [6.45, 7) is 2.90. The molecule has 0 aliphatic heterocycles. The van der Waals surface area contributed by atoms with Crippen molar-refractivity contribution in [3.8, 4) is 11.8 Å². The van der Waals surface area contributed by atoms with E-state index < -0.39 is 0 Å². The molecule has 124 valence electrons. The first-order valence-corrected chi connectivity index (χ1v) is 8.75. The van der Waals surface area contributed by atoms with Crippen LogP contribution in [0.5, 0.6) is 5.75 Å². The van der Waals surface area contributed by atoms with E-state index in [-0.39, 0.29) is 5.78 Å². The molecule has 0 saturated carbocycles. The third-order valence-electron chi connectivity index (χ3n) is 3.31. The zero-order chi connectivity index (χ0) is 17.2. The van der Waals surface area contributed by atoms with E-state index in [1.807, 2.05) is 30.3 Å². The van der Waals surface area contributed by atoms with E-state index in [4.69, 9.17) is 10.00 Å². The molecule has 0 saturated heterocycles. The fraction of sp³-hybridized carbons (Fsp3) is 0.263. The number of nitrogens with one attached hydrogen (secondary N) is 1. The number of hydrogen-bond donors (Lipinski definition) is 1. The predicted octanol–water partition coefficient (Wildman–Crippen LogP) is 5.00. The standard InChI is InChI=1S/C19H20N2O2S/c1-2-3-4-13-23-16-7-5-15(6-8-16)21-12-11-18(22)19-10-9-17(14-20)24-19/h5-12,21H,2-4,13H2,1H3/b12-11-. The molecule has 0 aliphatic carbocycles. The number of carbonyl (C=O) groups is 1. The Morgan fingerprint density at radius 2 is 2.04 bits per heavy atom. The molecule has 0 aliphatic rings. The summed E-state index contributed by atoms with van der Waals surface area (Å²) in [5.41, 5.74) is 0.879. The Hall–Kier alpha value is -2.58. The summed E-state index contributed by atoms with van der Waals surface area (Å²) < 4.78 is 5.65. The Bertz CT molecular complexity index is 727. The van der Waals surface area contributed by atoms with Gasteiger partial charge in [0.25, 0.3) is 0 Å². The van der Waals surface area contributed by atoms with Crippen LogP contribution in [0.25, 0.3) is 0 Å². The van der Waals surface area contributed by atoms with Gasteiger partial charge in [-0.3, -0.25) is 4.79 Å². The van der Waals surface area contributed by atoms with Crippen LogP contribution < -0.4 is 10.1 Å². The van der Waals surface area contributed by atoms with E-state index >= 15 is 0 Å². The number of anilines is 1. The maximum atomic E-state index is 11.9. The molecule has 24 heavy (non-hydrogen) atoms. The molecule has 2 rings (SSSR count). The Kier molecular flexibility index (Phi) is 7.06. The molecule has 0 amide bonds. The summed E-state index contributed by atoms with van der Waals surface area (Å²) in [6, 6.07) is 13.0. The molecule has 0 unspecified atom stereocenters. The summed E-state index contributed by atoms with van der Waals surface area (Å²) in [4.78, 5) is 13.0. The molecule has 0 radical (unpaired) electrons. The average molecular weight is 340 g/mol. The van der Waals surface area contributed by atoms with Gasteiger partial charge in [0.15, 0.2) is 5.78 Å². The molecule has 0 atom stereocenters. The lowest BCUT2D eigenvalue weighted by atomic mass is 10.2. The van der Waals surface area contributed by atoms with Crippen molar-refractivity contribution in [2.45, 2.75) is 26.2 Å². The maximum absolute atomic E-state index is 11.9. The summed E-state index contributed by atoms with van der Waals surface area (Å²) in [5.74, 6) is 0.726. The third kappa shape index (κ3) is 5.56. The quantitative estimate of drug-likeness (QED) is 0.396. The van der Waals surface area contributed by atoms with Gasteiger partial charge in [0.1, 0.15) is 16.7 Å². The Labute approximate surface area is 146 Å². The molecule has 5 heteroatoms. The van der Waals surface area contributed by atoms with Crippen molar-refractivity contribution in [1.82, 2.24) is 0 Å². The van der Waals surface area contributed by atoms with Crippen molar-refractivity contribution < 1.29 is 9.53 Å². The number of allylic oxidation sites excluding steroid dienone is 1. The first-order chi connectivity index (χ1) is 11.7. The zero-order valence-corrected chi connectivity index (χ0v) is 14.4. The summed E-state index contributed by atoms with van der Waals surface area (Å²) in [7, 11) is 0. The van der Waals surface area contributed by atoms with Gasteiger partial charge in [0.2, 0.25) is 0 Å². The zero-order valence-electron chi connectivity index (χ0n) is 13.6. The largest absolute Gasteiger partial charge is 0.494 e. The van der Waals surface area contributed by atoms with Gasteiger partial charge in [-0.25, -0.2) is 0 Å². The molecule has 0 fully saturated rings. The number of nitrogens with zero attached hydrogens (tertiary/aromatic N) is 1. The molecular weight excluding hydrogens is 320 g/mol. The van der Waals surface area contributed by atoms with E-state index in [0.29, 0.717) is 9.75 Å². The second-order valence-electron chi connectivity index (χ2n) is 5.20. The van der Waals surface area contributed by atoms with Crippen LogP contribution in [0.4, 0.5) is 5.69 Å². The van der Waals surface area contributed by atoms with E-state index in [2.05, 4.69) is 12.2 Å². The number of ketones is 1. The van der Waals surface area contributed by atoms with Gasteiger partial charge in [-0.2, -0.15) is 5.26 Å². The highest BCUT2D eigenvalue weighted by molar-refractivity contribution is 7.14. The summed E-state index contributed by atoms with van der Waals surface area (Å²) in [5, 5.41) is 11.8. The van der Waals surface area contributed by atoms with Crippen molar-refractivity contribution in [3.05, 3.63) is 58.4 Å². The van der Waals surface area contributed by atoms with Crippen LogP contribution in [0, 0.1) is 11.3 Å². The SMILES string of the molecule is CCCCCOc1ccc(N/C=C\C(=O)c2ccc(C#N)s2)cc1. The molecule has 1 aromatic heterocycles. The number of thiophene rings is 1. The van der Waals surface area contributed by atoms with E-state index in [9.17, 15) is 4.79 Å². The van der Waals surface area contributed by atoms with Crippen molar-refractivity contribution in [2.24, 2.45) is 0 Å². The van der Waals surface area contributed by atoms with E-state index in [1.165, 1.54) is 30.3 Å². The van der Waals surface area contributed by atoms with E-state index in [0.717, 1.165) is 24.5 Å². The smallest absolute Gasteiger partial charge is 0.197 e. The Morgan fingerprint density at radius 3 is 2.71 bits per heavy atom. The number of nitriles is 1. The number of unbranched alkanes of at least 4 members (excludes halogenated alkanes) is 2. The van der Waals surface area contributed by atoms with Crippen molar-refractivity contribution >= 4 is 22.8 Å². The Balaban J connectivity index is 1.81. The summed E-state index contributed by atoms with van der Waals surface area (Å²) in [6.07, 6.45) is 6.49. The highest BCUT2D eigenvalue weighted by atomic mass is 32.1. The van der Waals surface area contributed by atoms with Gasteiger partial charge in [-0.1, -0.05) is 19.8 Å². The average Bonchev–Trinajstić information content (AvgIpc) is 3.09. The van der Waals surface area contributed by atoms with Crippen molar-refractivity contribution in [2.75, 3.05) is 11.9 Å². The molecule has 1 heterocycles. The fourth-order valence-electron chi connectivity index (χ4n) is 2.02. The topological polar surface area (TPSA) is 62.1 Å². The second kappa shape index (κ2) is 9.53. The number of ether oxygens (including phenoxy) is 1. The molecule has 1 N–H and O–H groups in total. The predicted molar refractivity (Wildman–Crippen MR) is 97.6 cm³/mol. The normalized spacial score (nSPS) is 10.5. The molecule has 0 bridgehead atoms. The van der Waals surface area contributed by atoms with Gasteiger partial charge < -0.3 is 10.1 Å². The first-order valence-electron chi connectivity index (χ1n) is 7.93. The van der Waals surface area contributed by atoms with Crippen LogP contribution in [0.3, 0.4) is 0 Å². The molecule has 0 spiro atoms. The lowest BCUT2D eigenvalue weighted by molar-refractivity contribution is 0.105. The minimum atomic E-state index is -0.120. The lowest BCUT2D eigenvalue weighted by Gasteiger charge is -2.06. The van der Waals surface area contributed by atoms with E-state index in [1.54, 1.807) is 18.3 Å². The number of rotatable bonds is 9. The highest BCUT2D eigenvalue weighted by Gasteiger charge is 2.05. The van der Waals surface area contributed by atoms with Crippen LogP contribution in [-0.4, -0.2) is 12.4 Å². The van der Waals surface area contributed by atoms with Gasteiger partial charge in [-0.15, -0.1) is 11.3 Å². The van der Waals surface area contributed by atoms with Crippen molar-refractivity contribution in [1.29, 1.82) is 5.26 Å². The van der Waals surface area contributed by atoms with Crippen molar-refractivity contribution in [3.63, 3.8) is 0 Å². The van der Waals surface area contributed by atoms with Crippen LogP contribution in [0.1, 0.15) is 40.7 Å². The summed E-state index contributed by atoms with van der Waals surface area (Å²) >= 11 is 1.19. The molecular formula is C19H20N2O2S. The fourth-order valence-corrected chi connectivity index (χ4v) is 2.74. The number of carbonyl (C=O) groups excluding carboxylic acids is 1. The Morgan fingerprint density at radius 1 is 1.25 bits per heavy atom. The lowest BCUT2D eigenvalue weighted by Crippen LogP contribution is -1.97. The van der Waals surface area contributed by atoms with Gasteiger partial charge in [0, 0.05) is 18.0 Å². The first kappa shape index (κ1) is 17.8. The maximum Gasteiger partial charge on any atom is 0.197 e. The molecule has 4 nitrogen and oxygen atoms in total. The highest BCUT2D eigenvalue weighted by Crippen LogP contribution is 2.18.